The first kappa shape index (κ1) is 14.5. The van der Waals surface area contributed by atoms with Crippen LogP contribution in [-0.4, -0.2) is 8.42 Å². The molecule has 0 saturated heterocycles. The molecule has 0 radical (unpaired) electrons. The van der Waals surface area contributed by atoms with Crippen LogP contribution in [0.4, 0.5) is 14.5 Å². The van der Waals surface area contributed by atoms with E-state index in [4.69, 9.17) is 0 Å². The number of hydrogen-bond acceptors (Lipinski definition) is 2. The van der Waals surface area contributed by atoms with Crippen LogP contribution in [0.3, 0.4) is 0 Å². The van der Waals surface area contributed by atoms with Gasteiger partial charge in [0.15, 0.2) is 0 Å². The summed E-state index contributed by atoms with van der Waals surface area (Å²) in [6, 6.07) is 7.32. The fourth-order valence-corrected chi connectivity index (χ4v) is 2.82. The Bertz CT molecular complexity index is 758. The number of nitrogens with one attached hydrogen (secondary N) is 1. The van der Waals surface area contributed by atoms with Crippen LogP contribution in [0.25, 0.3) is 0 Å². The molecule has 6 heteroatoms. The highest BCUT2D eigenvalue weighted by molar-refractivity contribution is 7.92. The van der Waals surface area contributed by atoms with Crippen molar-refractivity contribution in [2.45, 2.75) is 18.7 Å². The summed E-state index contributed by atoms with van der Waals surface area (Å²) in [7, 11) is -4.08. The lowest BCUT2D eigenvalue weighted by molar-refractivity contribution is 0.551. The predicted molar refractivity (Wildman–Crippen MR) is 73.1 cm³/mol. The third-order valence-corrected chi connectivity index (χ3v) is 4.36. The maximum atomic E-state index is 13.5. The van der Waals surface area contributed by atoms with E-state index in [0.717, 1.165) is 23.3 Å². The molecule has 2 aromatic carbocycles. The number of sulfonamides is 1. The van der Waals surface area contributed by atoms with E-state index in [2.05, 4.69) is 4.72 Å². The van der Waals surface area contributed by atoms with Crippen molar-refractivity contribution in [3.05, 3.63) is 59.2 Å². The first-order valence-corrected chi connectivity index (χ1v) is 7.33. The van der Waals surface area contributed by atoms with E-state index in [-0.39, 0.29) is 0 Å². The third kappa shape index (κ3) is 2.96. The molecule has 2 rings (SSSR count). The number of benzene rings is 2. The molecular formula is C14H13F2NO2S. The number of anilines is 1. The van der Waals surface area contributed by atoms with Crippen LogP contribution in [0.1, 0.15) is 11.1 Å². The molecule has 0 amide bonds. The van der Waals surface area contributed by atoms with Crippen molar-refractivity contribution in [1.82, 2.24) is 0 Å². The first-order valence-electron chi connectivity index (χ1n) is 5.85. The number of halogens is 2. The van der Waals surface area contributed by atoms with Crippen molar-refractivity contribution < 1.29 is 17.2 Å². The molecule has 0 bridgehead atoms. The van der Waals surface area contributed by atoms with Crippen molar-refractivity contribution in [3.63, 3.8) is 0 Å². The van der Waals surface area contributed by atoms with E-state index in [1.54, 1.807) is 18.2 Å². The Morgan fingerprint density at radius 1 is 0.950 bits per heavy atom. The molecule has 0 heterocycles. The average molecular weight is 297 g/mol. The van der Waals surface area contributed by atoms with Gasteiger partial charge >= 0.3 is 0 Å². The summed E-state index contributed by atoms with van der Waals surface area (Å²) >= 11 is 0. The van der Waals surface area contributed by atoms with Crippen LogP contribution >= 0.6 is 0 Å². The zero-order valence-electron chi connectivity index (χ0n) is 10.9. The SMILES string of the molecule is Cc1ccc(NS(=O)(=O)c2ccc(F)cc2F)cc1C. The molecule has 106 valence electrons. The predicted octanol–water partition coefficient (Wildman–Crippen LogP) is 3.38. The molecule has 0 unspecified atom stereocenters. The second-order valence-electron chi connectivity index (χ2n) is 4.48. The van der Waals surface area contributed by atoms with Crippen LogP contribution < -0.4 is 4.72 Å². The fourth-order valence-electron chi connectivity index (χ4n) is 1.71. The summed E-state index contributed by atoms with van der Waals surface area (Å²) in [6.07, 6.45) is 0. The molecule has 0 aromatic heterocycles. The Morgan fingerprint density at radius 2 is 1.65 bits per heavy atom. The van der Waals surface area contributed by atoms with Crippen LogP contribution in [0.15, 0.2) is 41.3 Å². The van der Waals surface area contributed by atoms with Crippen molar-refractivity contribution in [3.8, 4) is 0 Å². The van der Waals surface area contributed by atoms with Gasteiger partial charge in [-0.2, -0.15) is 0 Å². The van der Waals surface area contributed by atoms with Crippen LogP contribution in [0, 0.1) is 25.5 Å². The zero-order valence-corrected chi connectivity index (χ0v) is 11.8. The smallest absolute Gasteiger partial charge is 0.264 e. The molecule has 20 heavy (non-hydrogen) atoms. The molecule has 2 aromatic rings. The molecular weight excluding hydrogens is 284 g/mol. The third-order valence-electron chi connectivity index (χ3n) is 2.94. The molecule has 0 atom stereocenters. The van der Waals surface area contributed by atoms with Gasteiger partial charge in [0.1, 0.15) is 16.5 Å². The Morgan fingerprint density at radius 3 is 2.25 bits per heavy atom. The minimum atomic E-state index is -4.08. The molecule has 0 saturated carbocycles. The standard InChI is InChI=1S/C14H13F2NO2S/c1-9-3-5-12(7-10(9)2)17-20(18,19)14-6-4-11(15)8-13(14)16/h3-8,17H,1-2H3. The number of aryl methyl sites for hydroxylation is 2. The summed E-state index contributed by atoms with van der Waals surface area (Å²) in [4.78, 5) is -0.586. The minimum absolute atomic E-state index is 0.330. The Balaban J connectivity index is 2.38. The van der Waals surface area contributed by atoms with Crippen molar-refractivity contribution in [1.29, 1.82) is 0 Å². The van der Waals surface area contributed by atoms with Crippen LogP contribution in [-0.2, 0) is 10.0 Å². The molecule has 0 aliphatic heterocycles. The summed E-state index contributed by atoms with van der Waals surface area (Å²) in [5.74, 6) is -1.95. The lowest BCUT2D eigenvalue weighted by atomic mass is 10.1. The second kappa shape index (κ2) is 5.20. The summed E-state index contributed by atoms with van der Waals surface area (Å²) < 4.78 is 52.7. The molecule has 1 N–H and O–H groups in total. The molecule has 0 fully saturated rings. The summed E-state index contributed by atoms with van der Waals surface area (Å²) in [5.41, 5.74) is 2.25. The van der Waals surface area contributed by atoms with Crippen molar-refractivity contribution in [2.75, 3.05) is 4.72 Å². The lowest BCUT2D eigenvalue weighted by Gasteiger charge is -2.10. The van der Waals surface area contributed by atoms with E-state index < -0.39 is 26.6 Å². The Labute approximate surface area is 116 Å². The first-order chi connectivity index (χ1) is 9.29. The van der Waals surface area contributed by atoms with Gasteiger partial charge in [-0.3, -0.25) is 4.72 Å². The summed E-state index contributed by atoms with van der Waals surface area (Å²) in [6.45, 7) is 3.73. The second-order valence-corrected chi connectivity index (χ2v) is 6.13. The molecule has 0 aliphatic rings. The zero-order chi connectivity index (χ0) is 14.9. The quantitative estimate of drug-likeness (QED) is 0.944. The van der Waals surface area contributed by atoms with Gasteiger partial charge < -0.3 is 0 Å². The van der Waals surface area contributed by atoms with Gasteiger partial charge in [-0.1, -0.05) is 6.07 Å². The Kier molecular flexibility index (Phi) is 3.76. The van der Waals surface area contributed by atoms with Crippen LogP contribution in [0.2, 0.25) is 0 Å². The van der Waals surface area contributed by atoms with Crippen molar-refractivity contribution in [2.24, 2.45) is 0 Å². The highest BCUT2D eigenvalue weighted by atomic mass is 32.2. The van der Waals surface area contributed by atoms with Crippen LogP contribution in [0.5, 0.6) is 0 Å². The van der Waals surface area contributed by atoms with E-state index >= 15 is 0 Å². The molecule has 0 aliphatic carbocycles. The van der Waals surface area contributed by atoms with Crippen molar-refractivity contribution >= 4 is 15.7 Å². The monoisotopic (exact) mass is 297 g/mol. The highest BCUT2D eigenvalue weighted by Crippen LogP contribution is 2.21. The number of hydrogen-bond donors (Lipinski definition) is 1. The minimum Gasteiger partial charge on any atom is -0.280 e. The maximum absolute atomic E-state index is 13.5. The largest absolute Gasteiger partial charge is 0.280 e. The number of rotatable bonds is 3. The van der Waals surface area contributed by atoms with Gasteiger partial charge in [-0.25, -0.2) is 17.2 Å². The van der Waals surface area contributed by atoms with Gasteiger partial charge in [-0.15, -0.1) is 0 Å². The maximum Gasteiger partial charge on any atom is 0.264 e. The fraction of sp³-hybridized carbons (Fsp3) is 0.143. The normalized spacial score (nSPS) is 11.4. The van der Waals surface area contributed by atoms with Gasteiger partial charge in [0.2, 0.25) is 0 Å². The van der Waals surface area contributed by atoms with E-state index in [9.17, 15) is 17.2 Å². The lowest BCUT2D eigenvalue weighted by Crippen LogP contribution is -2.14. The van der Waals surface area contributed by atoms with Gasteiger partial charge in [0, 0.05) is 11.8 Å². The molecule has 3 nitrogen and oxygen atoms in total. The van der Waals surface area contributed by atoms with Gasteiger partial charge in [0.25, 0.3) is 10.0 Å². The average Bonchev–Trinajstić information content (AvgIpc) is 2.33. The van der Waals surface area contributed by atoms with E-state index in [1.807, 2.05) is 13.8 Å². The Hall–Kier alpha value is -1.95. The highest BCUT2D eigenvalue weighted by Gasteiger charge is 2.19. The van der Waals surface area contributed by atoms with E-state index in [0.29, 0.717) is 11.8 Å². The van der Waals surface area contributed by atoms with Gasteiger partial charge in [-0.05, 0) is 49.2 Å². The van der Waals surface area contributed by atoms with Gasteiger partial charge in [0.05, 0.1) is 0 Å². The van der Waals surface area contributed by atoms with E-state index in [1.165, 1.54) is 0 Å². The molecule has 0 spiro atoms. The topological polar surface area (TPSA) is 46.2 Å². The summed E-state index contributed by atoms with van der Waals surface area (Å²) in [5, 5.41) is 0.